The van der Waals surface area contributed by atoms with Crippen LogP contribution in [0.15, 0.2) is 115 Å². The van der Waals surface area contributed by atoms with Crippen molar-refractivity contribution in [1.82, 2.24) is 4.98 Å². The van der Waals surface area contributed by atoms with Crippen LogP contribution in [0.3, 0.4) is 0 Å². The van der Waals surface area contributed by atoms with Crippen LogP contribution in [0, 0.1) is 0 Å². The molecule has 0 atom stereocenters. The molecule has 0 fully saturated rings. The molecule has 0 amide bonds. The van der Waals surface area contributed by atoms with E-state index in [1.807, 2.05) is 0 Å². The molecule has 0 saturated carbocycles. The van der Waals surface area contributed by atoms with Gasteiger partial charge in [0.2, 0.25) is 0 Å². The van der Waals surface area contributed by atoms with Crippen molar-refractivity contribution in [3.63, 3.8) is 0 Å². The Kier molecular flexibility index (Phi) is 4.97. The minimum Gasteiger partial charge on any atom is -0.248 e. The number of thiophene rings is 1. The molecule has 0 N–H and O–H groups in total. The molecule has 2 aromatic heterocycles. The fourth-order valence-corrected chi connectivity index (χ4v) is 8.87. The molecule has 5 aromatic rings. The minimum atomic E-state index is -1.89. The standard InChI is InChI=1S/C26H21NPS/c1-4-10-22(11-5-1)28(23-12-6-2-7-13-23,24-14-8-3-9-15-24)20-21-16-17-26-25(27-21)18-19-29-26/h1-19H,20H2/q+1. The zero-order valence-corrected chi connectivity index (χ0v) is 17.7. The molecule has 3 heteroatoms. The summed E-state index contributed by atoms with van der Waals surface area (Å²) in [5, 5.41) is 6.30. The zero-order valence-electron chi connectivity index (χ0n) is 16.0. The Hall–Kier alpha value is -2.80. The molecule has 2 heterocycles. The first kappa shape index (κ1) is 18.2. The monoisotopic (exact) mass is 410 g/mol. The molecule has 29 heavy (non-hydrogen) atoms. The normalized spacial score (nSPS) is 11.6. The second-order valence-corrected chi connectivity index (χ2v) is 11.5. The first-order valence-electron chi connectivity index (χ1n) is 9.74. The largest absolute Gasteiger partial charge is 0.248 e. The number of hydrogen-bond donors (Lipinski definition) is 0. The van der Waals surface area contributed by atoms with Crippen molar-refractivity contribution in [3.05, 3.63) is 120 Å². The third kappa shape index (κ3) is 3.40. The average molecular weight is 411 g/mol. The van der Waals surface area contributed by atoms with E-state index >= 15 is 0 Å². The Morgan fingerprint density at radius 1 is 0.586 bits per heavy atom. The highest BCUT2D eigenvalue weighted by molar-refractivity contribution is 7.95. The van der Waals surface area contributed by atoms with Gasteiger partial charge in [0, 0.05) is 0 Å². The molecule has 0 aliphatic heterocycles. The van der Waals surface area contributed by atoms with Gasteiger partial charge in [0.15, 0.2) is 0 Å². The van der Waals surface area contributed by atoms with Crippen LogP contribution in [0.4, 0.5) is 0 Å². The van der Waals surface area contributed by atoms with E-state index in [2.05, 4.69) is 115 Å². The minimum absolute atomic E-state index is 0.914. The van der Waals surface area contributed by atoms with Gasteiger partial charge in [-0.15, -0.1) is 11.3 Å². The smallest absolute Gasteiger partial charge is 0.118 e. The lowest BCUT2D eigenvalue weighted by molar-refractivity contribution is 1.22. The van der Waals surface area contributed by atoms with Gasteiger partial charge in [0.1, 0.15) is 29.3 Å². The Morgan fingerprint density at radius 2 is 1.10 bits per heavy atom. The number of pyridine rings is 1. The fraction of sp³-hybridized carbons (Fsp3) is 0.0385. The van der Waals surface area contributed by atoms with E-state index in [0.29, 0.717) is 0 Å². The van der Waals surface area contributed by atoms with Crippen LogP contribution in [-0.2, 0) is 6.16 Å². The van der Waals surface area contributed by atoms with E-state index in [9.17, 15) is 0 Å². The van der Waals surface area contributed by atoms with Crippen LogP contribution >= 0.6 is 18.6 Å². The number of aromatic nitrogens is 1. The maximum absolute atomic E-state index is 5.03. The Balaban J connectivity index is 1.77. The molecule has 0 aliphatic rings. The van der Waals surface area contributed by atoms with Gasteiger partial charge in [-0.05, 0) is 60.0 Å². The summed E-state index contributed by atoms with van der Waals surface area (Å²) in [5.41, 5.74) is 2.25. The number of fused-ring (bicyclic) bond motifs is 1. The quantitative estimate of drug-likeness (QED) is 0.334. The van der Waals surface area contributed by atoms with Crippen LogP contribution in [-0.4, -0.2) is 4.98 Å². The van der Waals surface area contributed by atoms with Crippen LogP contribution in [0.5, 0.6) is 0 Å². The van der Waals surface area contributed by atoms with Crippen molar-refractivity contribution >= 4 is 44.7 Å². The number of benzene rings is 3. The highest BCUT2D eigenvalue weighted by Gasteiger charge is 2.45. The summed E-state index contributed by atoms with van der Waals surface area (Å²) in [7, 11) is -1.89. The number of rotatable bonds is 5. The first-order chi connectivity index (χ1) is 14.4. The molecular formula is C26H21NPS+. The molecule has 5 rings (SSSR count). The molecular weight excluding hydrogens is 389 g/mol. The van der Waals surface area contributed by atoms with E-state index in [4.69, 9.17) is 4.98 Å². The molecule has 0 bridgehead atoms. The summed E-state index contributed by atoms with van der Waals surface area (Å²) in [6.07, 6.45) is 0.914. The summed E-state index contributed by atoms with van der Waals surface area (Å²) in [6.45, 7) is 0. The van der Waals surface area contributed by atoms with Crippen molar-refractivity contribution < 1.29 is 0 Å². The lowest BCUT2D eigenvalue weighted by Crippen LogP contribution is -2.32. The Morgan fingerprint density at radius 3 is 1.62 bits per heavy atom. The molecule has 0 aliphatic carbocycles. The summed E-state index contributed by atoms with van der Waals surface area (Å²) < 4.78 is 1.25. The lowest BCUT2D eigenvalue weighted by atomic mass is 10.3. The third-order valence-corrected chi connectivity index (χ3v) is 10.6. The lowest BCUT2D eigenvalue weighted by Gasteiger charge is -2.27. The van der Waals surface area contributed by atoms with Gasteiger partial charge < -0.3 is 0 Å². The van der Waals surface area contributed by atoms with E-state index in [0.717, 1.165) is 17.4 Å². The maximum Gasteiger partial charge on any atom is 0.118 e. The van der Waals surface area contributed by atoms with Crippen molar-refractivity contribution in [2.45, 2.75) is 6.16 Å². The molecule has 0 radical (unpaired) electrons. The average Bonchev–Trinajstić information content (AvgIpc) is 3.27. The van der Waals surface area contributed by atoms with Gasteiger partial charge >= 0.3 is 0 Å². The van der Waals surface area contributed by atoms with Gasteiger partial charge in [0.05, 0.1) is 15.9 Å². The van der Waals surface area contributed by atoms with Crippen molar-refractivity contribution in [2.24, 2.45) is 0 Å². The van der Waals surface area contributed by atoms with Gasteiger partial charge in [-0.1, -0.05) is 54.6 Å². The van der Waals surface area contributed by atoms with Crippen molar-refractivity contribution in [3.8, 4) is 0 Å². The fourth-order valence-electron chi connectivity index (χ4n) is 3.99. The molecule has 1 nitrogen and oxygen atoms in total. The first-order valence-corrected chi connectivity index (χ1v) is 12.6. The molecule has 0 spiro atoms. The molecule has 3 aromatic carbocycles. The van der Waals surface area contributed by atoms with Crippen molar-refractivity contribution in [2.75, 3.05) is 0 Å². The van der Waals surface area contributed by atoms with Crippen LogP contribution in [0.25, 0.3) is 10.2 Å². The summed E-state index contributed by atoms with van der Waals surface area (Å²) in [6, 6.07) is 39.5. The van der Waals surface area contributed by atoms with E-state index in [1.165, 1.54) is 20.6 Å². The van der Waals surface area contributed by atoms with Gasteiger partial charge in [0.25, 0.3) is 0 Å². The van der Waals surface area contributed by atoms with Gasteiger partial charge in [-0.3, -0.25) is 0 Å². The second-order valence-electron chi connectivity index (χ2n) is 7.08. The van der Waals surface area contributed by atoms with Crippen molar-refractivity contribution in [1.29, 1.82) is 0 Å². The summed E-state index contributed by atoms with van der Waals surface area (Å²) in [5.74, 6) is 0. The highest BCUT2D eigenvalue weighted by atomic mass is 32.1. The third-order valence-electron chi connectivity index (χ3n) is 5.35. The number of hydrogen-bond acceptors (Lipinski definition) is 2. The second kappa shape index (κ2) is 7.91. The zero-order chi connectivity index (χ0) is 19.5. The van der Waals surface area contributed by atoms with E-state index < -0.39 is 7.26 Å². The topological polar surface area (TPSA) is 12.9 Å². The summed E-state index contributed by atoms with van der Waals surface area (Å²) in [4.78, 5) is 5.03. The SMILES string of the molecule is c1ccc([P+](Cc2ccc3sccc3n2)(c2ccccc2)c2ccccc2)cc1. The molecule has 140 valence electrons. The summed E-state index contributed by atoms with van der Waals surface area (Å²) >= 11 is 1.75. The number of nitrogens with zero attached hydrogens (tertiary/aromatic N) is 1. The predicted molar refractivity (Wildman–Crippen MR) is 128 cm³/mol. The molecule has 0 saturated heterocycles. The molecule has 0 unspecified atom stereocenters. The van der Waals surface area contributed by atoms with E-state index in [1.54, 1.807) is 11.3 Å². The highest BCUT2D eigenvalue weighted by Crippen LogP contribution is 2.57. The predicted octanol–water partition coefficient (Wildman–Crippen LogP) is 5.79. The maximum atomic E-state index is 5.03. The Labute approximate surface area is 176 Å². The van der Waals surface area contributed by atoms with Gasteiger partial charge in [-0.2, -0.15) is 0 Å². The van der Waals surface area contributed by atoms with Crippen LogP contribution in [0.2, 0.25) is 0 Å². The van der Waals surface area contributed by atoms with Crippen LogP contribution < -0.4 is 15.9 Å². The van der Waals surface area contributed by atoms with Gasteiger partial charge in [-0.25, -0.2) is 4.98 Å². The van der Waals surface area contributed by atoms with E-state index in [-0.39, 0.29) is 0 Å². The Bertz CT molecular complexity index is 1120. The van der Waals surface area contributed by atoms with Crippen LogP contribution in [0.1, 0.15) is 5.69 Å².